The van der Waals surface area contributed by atoms with E-state index in [0.29, 0.717) is 12.2 Å². The van der Waals surface area contributed by atoms with Crippen LogP contribution >= 0.6 is 0 Å². The lowest BCUT2D eigenvalue weighted by Gasteiger charge is -2.06. The fourth-order valence-electron chi connectivity index (χ4n) is 1.81. The predicted octanol–water partition coefficient (Wildman–Crippen LogP) is 1.53. The summed E-state index contributed by atoms with van der Waals surface area (Å²) in [5, 5.41) is 2.72. The Morgan fingerprint density at radius 1 is 1.47 bits per heavy atom. The van der Waals surface area contributed by atoms with Gasteiger partial charge in [0.1, 0.15) is 11.2 Å². The number of hydrogen-bond acceptors (Lipinski definition) is 3. The largest absolute Gasteiger partial charge is 0.352 e. The molecule has 1 N–H and O–H groups in total. The van der Waals surface area contributed by atoms with Crippen LogP contribution < -0.4 is 10.9 Å². The van der Waals surface area contributed by atoms with Gasteiger partial charge >= 0.3 is 0 Å². The molecule has 0 aliphatic carbocycles. The molecule has 0 bridgehead atoms. The Labute approximate surface area is 111 Å². The normalized spacial score (nSPS) is 10.6. The zero-order valence-corrected chi connectivity index (χ0v) is 11.1. The first-order valence-electron chi connectivity index (χ1n) is 6.39. The molecule has 5 nitrogen and oxygen atoms in total. The number of hydrogen-bond donors (Lipinski definition) is 1. The summed E-state index contributed by atoms with van der Waals surface area (Å²) in [6.45, 7) is 4.55. The van der Waals surface area contributed by atoms with Crippen LogP contribution in [-0.4, -0.2) is 21.8 Å². The average molecular weight is 259 g/mol. The maximum Gasteiger partial charge on any atom is 0.270 e. The minimum Gasteiger partial charge on any atom is -0.352 e. The van der Waals surface area contributed by atoms with E-state index in [1.54, 1.807) is 12.3 Å². The van der Waals surface area contributed by atoms with Gasteiger partial charge in [-0.2, -0.15) is 0 Å². The highest BCUT2D eigenvalue weighted by atomic mass is 16.2. The molecule has 2 aromatic heterocycles. The lowest BCUT2D eigenvalue weighted by molar-refractivity contribution is 0.0951. The van der Waals surface area contributed by atoms with Gasteiger partial charge in [-0.25, -0.2) is 4.98 Å². The first-order valence-corrected chi connectivity index (χ1v) is 6.39. The predicted molar refractivity (Wildman–Crippen MR) is 73.4 cm³/mol. The quantitative estimate of drug-likeness (QED) is 0.847. The number of pyridine rings is 1. The Bertz CT molecular complexity index is 661. The van der Waals surface area contributed by atoms with E-state index in [1.807, 2.05) is 19.9 Å². The van der Waals surface area contributed by atoms with Crippen molar-refractivity contribution in [2.24, 2.45) is 0 Å². The number of rotatable bonds is 4. The SMILES string of the molecule is CCCCNC(=O)c1cnc2cc(C)ccn2c1=O. The third kappa shape index (κ3) is 2.81. The Morgan fingerprint density at radius 3 is 3.00 bits per heavy atom. The van der Waals surface area contributed by atoms with Crippen molar-refractivity contribution in [3.8, 4) is 0 Å². The van der Waals surface area contributed by atoms with Crippen LogP contribution in [0.4, 0.5) is 0 Å². The molecular formula is C14H17N3O2. The topological polar surface area (TPSA) is 63.5 Å². The van der Waals surface area contributed by atoms with E-state index in [4.69, 9.17) is 0 Å². The number of aryl methyl sites for hydroxylation is 1. The molecule has 1 amide bonds. The van der Waals surface area contributed by atoms with Crippen LogP contribution in [0.2, 0.25) is 0 Å². The summed E-state index contributed by atoms with van der Waals surface area (Å²) in [4.78, 5) is 28.2. The summed E-state index contributed by atoms with van der Waals surface area (Å²) in [6.07, 6.45) is 4.88. The molecule has 5 heteroatoms. The standard InChI is InChI=1S/C14H17N3O2/c1-3-4-6-15-13(18)11-9-16-12-8-10(2)5-7-17(12)14(11)19/h5,7-9H,3-4,6H2,1-2H3,(H,15,18). The van der Waals surface area contributed by atoms with Crippen molar-refractivity contribution in [2.75, 3.05) is 6.54 Å². The molecule has 0 aliphatic rings. The number of nitrogens with one attached hydrogen (secondary N) is 1. The van der Waals surface area contributed by atoms with E-state index < -0.39 is 0 Å². The van der Waals surface area contributed by atoms with E-state index >= 15 is 0 Å². The summed E-state index contributed by atoms with van der Waals surface area (Å²) < 4.78 is 1.39. The monoisotopic (exact) mass is 259 g/mol. The third-order valence-corrected chi connectivity index (χ3v) is 2.93. The van der Waals surface area contributed by atoms with Crippen molar-refractivity contribution in [2.45, 2.75) is 26.7 Å². The smallest absolute Gasteiger partial charge is 0.270 e. The molecule has 0 spiro atoms. The zero-order chi connectivity index (χ0) is 13.8. The molecule has 2 heterocycles. The maximum atomic E-state index is 12.2. The van der Waals surface area contributed by atoms with Gasteiger partial charge < -0.3 is 5.32 Å². The van der Waals surface area contributed by atoms with Crippen LogP contribution in [0.15, 0.2) is 29.3 Å². The summed E-state index contributed by atoms with van der Waals surface area (Å²) in [5.41, 5.74) is 1.32. The van der Waals surface area contributed by atoms with Crippen molar-refractivity contribution < 1.29 is 4.79 Å². The van der Waals surface area contributed by atoms with Gasteiger partial charge in [-0.1, -0.05) is 13.3 Å². The molecule has 2 aromatic rings. The van der Waals surface area contributed by atoms with Gasteiger partial charge in [0.2, 0.25) is 0 Å². The summed E-state index contributed by atoms with van der Waals surface area (Å²) in [5.74, 6) is -0.360. The highest BCUT2D eigenvalue weighted by molar-refractivity contribution is 5.93. The number of nitrogens with zero attached hydrogens (tertiary/aromatic N) is 2. The third-order valence-electron chi connectivity index (χ3n) is 2.93. The van der Waals surface area contributed by atoms with E-state index in [9.17, 15) is 9.59 Å². The van der Waals surface area contributed by atoms with Crippen LogP contribution in [0, 0.1) is 6.92 Å². The second-order valence-electron chi connectivity index (χ2n) is 4.52. The molecule has 0 saturated heterocycles. The van der Waals surface area contributed by atoms with E-state index in [1.165, 1.54) is 10.6 Å². The average Bonchev–Trinajstić information content (AvgIpc) is 2.39. The Kier molecular flexibility index (Phi) is 3.94. The molecule has 0 aromatic carbocycles. The minimum atomic E-state index is -0.360. The van der Waals surface area contributed by atoms with E-state index in [-0.39, 0.29) is 17.0 Å². The van der Waals surface area contributed by atoms with E-state index in [0.717, 1.165) is 18.4 Å². The summed E-state index contributed by atoms with van der Waals surface area (Å²) >= 11 is 0. The Morgan fingerprint density at radius 2 is 2.26 bits per heavy atom. The summed E-state index contributed by atoms with van der Waals surface area (Å²) in [7, 11) is 0. The van der Waals surface area contributed by atoms with Gasteiger partial charge in [-0.3, -0.25) is 14.0 Å². The van der Waals surface area contributed by atoms with Gasteiger partial charge in [-0.15, -0.1) is 0 Å². The zero-order valence-electron chi connectivity index (χ0n) is 11.1. The van der Waals surface area contributed by atoms with Gasteiger partial charge in [0, 0.05) is 18.9 Å². The minimum absolute atomic E-state index is 0.0810. The van der Waals surface area contributed by atoms with Crippen molar-refractivity contribution in [1.82, 2.24) is 14.7 Å². The number of carbonyl (C=O) groups is 1. The van der Waals surface area contributed by atoms with Crippen LogP contribution in [0.5, 0.6) is 0 Å². The molecule has 2 rings (SSSR count). The molecule has 0 unspecified atom stereocenters. The Hall–Kier alpha value is -2.17. The van der Waals surface area contributed by atoms with Crippen LogP contribution in [0.3, 0.4) is 0 Å². The Balaban J connectivity index is 2.35. The number of fused-ring (bicyclic) bond motifs is 1. The number of carbonyl (C=O) groups excluding carboxylic acids is 1. The van der Waals surface area contributed by atoms with Crippen molar-refractivity contribution >= 4 is 11.6 Å². The van der Waals surface area contributed by atoms with Crippen LogP contribution in [0.25, 0.3) is 5.65 Å². The maximum absolute atomic E-state index is 12.2. The first-order chi connectivity index (χ1) is 9.13. The van der Waals surface area contributed by atoms with E-state index in [2.05, 4.69) is 10.3 Å². The molecule has 0 radical (unpaired) electrons. The summed E-state index contributed by atoms with van der Waals surface area (Å²) in [6, 6.07) is 3.62. The number of amides is 1. The molecular weight excluding hydrogens is 242 g/mol. The van der Waals surface area contributed by atoms with Gasteiger partial charge in [0.15, 0.2) is 0 Å². The number of unbranched alkanes of at least 4 members (excludes halogenated alkanes) is 1. The molecule has 100 valence electrons. The van der Waals surface area contributed by atoms with Gasteiger partial charge in [-0.05, 0) is 31.0 Å². The molecule has 0 fully saturated rings. The molecule has 19 heavy (non-hydrogen) atoms. The lowest BCUT2D eigenvalue weighted by atomic mass is 10.2. The second kappa shape index (κ2) is 5.65. The van der Waals surface area contributed by atoms with Crippen molar-refractivity contribution in [3.05, 3.63) is 46.0 Å². The van der Waals surface area contributed by atoms with Crippen LogP contribution in [-0.2, 0) is 0 Å². The first kappa shape index (κ1) is 13.3. The molecule has 0 atom stereocenters. The van der Waals surface area contributed by atoms with Crippen molar-refractivity contribution in [3.63, 3.8) is 0 Å². The molecule has 0 saturated carbocycles. The lowest BCUT2D eigenvalue weighted by Crippen LogP contribution is -2.32. The second-order valence-corrected chi connectivity index (χ2v) is 4.52. The fraction of sp³-hybridized carbons (Fsp3) is 0.357. The highest BCUT2D eigenvalue weighted by Crippen LogP contribution is 2.02. The van der Waals surface area contributed by atoms with Crippen LogP contribution in [0.1, 0.15) is 35.7 Å². The fourth-order valence-corrected chi connectivity index (χ4v) is 1.81. The highest BCUT2D eigenvalue weighted by Gasteiger charge is 2.12. The molecule has 0 aliphatic heterocycles. The van der Waals surface area contributed by atoms with Gasteiger partial charge in [0.25, 0.3) is 11.5 Å². The number of aromatic nitrogens is 2. The van der Waals surface area contributed by atoms with Gasteiger partial charge in [0.05, 0.1) is 0 Å². The van der Waals surface area contributed by atoms with Crippen molar-refractivity contribution in [1.29, 1.82) is 0 Å².